The summed E-state index contributed by atoms with van der Waals surface area (Å²) in [7, 11) is 1.23. The Bertz CT molecular complexity index is 402. The molecule has 90 valence electrons. The first-order valence-electron chi connectivity index (χ1n) is 4.75. The molecule has 0 radical (unpaired) electrons. The molecule has 0 aliphatic heterocycles. The summed E-state index contributed by atoms with van der Waals surface area (Å²) in [5.41, 5.74) is 5.26. The van der Waals surface area contributed by atoms with Crippen LogP contribution in [0.2, 0.25) is 5.02 Å². The first-order chi connectivity index (χ1) is 7.26. The van der Waals surface area contributed by atoms with Crippen LogP contribution in [0, 0.1) is 11.6 Å². The number of rotatable bonds is 3. The summed E-state index contributed by atoms with van der Waals surface area (Å²) < 4.78 is 31.7. The molecule has 5 heteroatoms. The molecule has 0 aliphatic carbocycles. The summed E-state index contributed by atoms with van der Waals surface area (Å²) in [6.45, 7) is 3.45. The van der Waals surface area contributed by atoms with Gasteiger partial charge >= 0.3 is 0 Å². The third-order valence-corrected chi connectivity index (χ3v) is 2.32. The van der Waals surface area contributed by atoms with Crippen LogP contribution in [0.25, 0.3) is 0 Å². The molecule has 0 heterocycles. The van der Waals surface area contributed by atoms with Crippen molar-refractivity contribution in [3.8, 4) is 5.75 Å². The van der Waals surface area contributed by atoms with Crippen LogP contribution < -0.4 is 10.5 Å². The fraction of sp³-hybridized carbons (Fsp3) is 0.455. The molecule has 2 nitrogen and oxygen atoms in total. The second-order valence-corrected chi connectivity index (χ2v) is 4.75. The molecule has 0 bridgehead atoms. The third-order valence-electron chi connectivity index (χ3n) is 2.04. The van der Waals surface area contributed by atoms with E-state index in [0.29, 0.717) is 0 Å². The van der Waals surface area contributed by atoms with Crippen molar-refractivity contribution in [2.75, 3.05) is 7.11 Å². The Balaban J connectivity index is 3.23. The van der Waals surface area contributed by atoms with Crippen LogP contribution in [0.5, 0.6) is 5.75 Å². The molecule has 0 saturated heterocycles. The van der Waals surface area contributed by atoms with Gasteiger partial charge < -0.3 is 10.5 Å². The number of hydrogen-bond acceptors (Lipinski definition) is 2. The lowest BCUT2D eigenvalue weighted by Crippen LogP contribution is -2.34. The van der Waals surface area contributed by atoms with Crippen molar-refractivity contribution in [3.63, 3.8) is 0 Å². The molecule has 0 spiro atoms. The minimum atomic E-state index is -1.07. The van der Waals surface area contributed by atoms with Gasteiger partial charge in [-0.05, 0) is 31.9 Å². The summed E-state index contributed by atoms with van der Waals surface area (Å²) >= 11 is 5.76. The van der Waals surface area contributed by atoms with Crippen molar-refractivity contribution in [1.82, 2.24) is 0 Å². The van der Waals surface area contributed by atoms with Crippen LogP contribution in [-0.2, 0) is 6.42 Å². The average molecular weight is 250 g/mol. The minimum Gasteiger partial charge on any atom is -0.492 e. The first-order valence-corrected chi connectivity index (χ1v) is 5.13. The van der Waals surface area contributed by atoms with Crippen LogP contribution in [-0.4, -0.2) is 12.6 Å². The van der Waals surface area contributed by atoms with Gasteiger partial charge in [0.15, 0.2) is 11.6 Å². The Hall–Kier alpha value is -0.870. The number of hydrogen-bond donors (Lipinski definition) is 1. The van der Waals surface area contributed by atoms with E-state index in [0.717, 1.165) is 0 Å². The second kappa shape index (κ2) is 4.55. The maximum absolute atomic E-state index is 13.6. The molecular weight excluding hydrogens is 236 g/mol. The summed E-state index contributed by atoms with van der Waals surface area (Å²) in [5.74, 6) is -2.31. The molecule has 1 rings (SSSR count). The van der Waals surface area contributed by atoms with Gasteiger partial charge in [-0.2, -0.15) is 4.39 Å². The van der Waals surface area contributed by atoms with Gasteiger partial charge in [0.25, 0.3) is 0 Å². The monoisotopic (exact) mass is 249 g/mol. The van der Waals surface area contributed by atoms with Gasteiger partial charge in [0.05, 0.1) is 12.1 Å². The van der Waals surface area contributed by atoms with Crippen molar-refractivity contribution in [2.45, 2.75) is 25.8 Å². The van der Waals surface area contributed by atoms with E-state index in [9.17, 15) is 8.78 Å². The van der Waals surface area contributed by atoms with Gasteiger partial charge in [-0.25, -0.2) is 4.39 Å². The van der Waals surface area contributed by atoms with Gasteiger partial charge in [-0.3, -0.25) is 0 Å². The van der Waals surface area contributed by atoms with E-state index in [4.69, 9.17) is 17.3 Å². The normalized spacial score (nSPS) is 11.7. The van der Waals surface area contributed by atoms with E-state index >= 15 is 0 Å². The van der Waals surface area contributed by atoms with Crippen LogP contribution in [0.4, 0.5) is 8.78 Å². The summed E-state index contributed by atoms with van der Waals surface area (Å²) in [6.07, 6.45) is 0.194. The molecule has 0 unspecified atom stereocenters. The minimum absolute atomic E-state index is 0.0423. The van der Waals surface area contributed by atoms with Gasteiger partial charge in [0.1, 0.15) is 0 Å². The van der Waals surface area contributed by atoms with Gasteiger partial charge in [-0.1, -0.05) is 11.6 Å². The zero-order valence-electron chi connectivity index (χ0n) is 9.40. The smallest absolute Gasteiger partial charge is 0.202 e. The lowest BCUT2D eigenvalue weighted by Gasteiger charge is -2.19. The van der Waals surface area contributed by atoms with Gasteiger partial charge in [0, 0.05) is 5.54 Å². The lowest BCUT2D eigenvalue weighted by atomic mass is 9.95. The Labute approximate surface area is 98.3 Å². The Kier molecular flexibility index (Phi) is 3.76. The summed E-state index contributed by atoms with van der Waals surface area (Å²) in [6, 6.07) is 1.34. The molecule has 2 N–H and O–H groups in total. The molecule has 1 aromatic carbocycles. The fourth-order valence-electron chi connectivity index (χ4n) is 1.43. The number of nitrogens with two attached hydrogens (primary N) is 1. The topological polar surface area (TPSA) is 35.2 Å². The predicted molar refractivity (Wildman–Crippen MR) is 59.9 cm³/mol. The lowest BCUT2D eigenvalue weighted by molar-refractivity contribution is 0.368. The highest BCUT2D eigenvalue weighted by Crippen LogP contribution is 2.32. The number of ether oxygens (including phenoxy) is 1. The molecule has 0 amide bonds. The van der Waals surface area contributed by atoms with Crippen LogP contribution in [0.15, 0.2) is 6.07 Å². The highest BCUT2D eigenvalue weighted by molar-refractivity contribution is 6.32. The van der Waals surface area contributed by atoms with Crippen molar-refractivity contribution < 1.29 is 13.5 Å². The molecule has 16 heavy (non-hydrogen) atoms. The van der Waals surface area contributed by atoms with Crippen molar-refractivity contribution in [2.24, 2.45) is 5.73 Å². The maximum Gasteiger partial charge on any atom is 0.202 e. The van der Waals surface area contributed by atoms with Gasteiger partial charge in [-0.15, -0.1) is 0 Å². The first kappa shape index (κ1) is 13.2. The van der Waals surface area contributed by atoms with Crippen molar-refractivity contribution in [1.29, 1.82) is 0 Å². The summed E-state index contributed by atoms with van der Waals surface area (Å²) in [5, 5.41) is 0.0423. The molecule has 0 saturated carbocycles. The van der Waals surface area contributed by atoms with Crippen LogP contribution >= 0.6 is 11.6 Å². The molecule has 1 aromatic rings. The largest absolute Gasteiger partial charge is 0.492 e. The highest BCUT2D eigenvalue weighted by Gasteiger charge is 2.22. The van der Waals surface area contributed by atoms with Crippen molar-refractivity contribution in [3.05, 3.63) is 28.3 Å². The van der Waals surface area contributed by atoms with Crippen molar-refractivity contribution >= 4 is 11.6 Å². The number of benzene rings is 1. The van der Waals surface area contributed by atoms with E-state index < -0.39 is 17.2 Å². The Morgan fingerprint density at radius 1 is 1.38 bits per heavy atom. The second-order valence-electron chi connectivity index (χ2n) is 4.34. The molecule has 0 atom stereocenters. The number of methoxy groups -OCH3 is 1. The van der Waals surface area contributed by atoms with Crippen LogP contribution in [0.1, 0.15) is 19.4 Å². The Morgan fingerprint density at radius 3 is 2.38 bits per heavy atom. The molecule has 0 aromatic heterocycles. The van der Waals surface area contributed by atoms with E-state index in [-0.39, 0.29) is 22.8 Å². The van der Waals surface area contributed by atoms with E-state index in [1.807, 2.05) is 0 Å². The molecule has 0 fully saturated rings. The van der Waals surface area contributed by atoms with E-state index in [1.165, 1.54) is 13.2 Å². The van der Waals surface area contributed by atoms with Crippen LogP contribution in [0.3, 0.4) is 0 Å². The summed E-state index contributed by atoms with van der Waals surface area (Å²) in [4.78, 5) is 0. The highest BCUT2D eigenvalue weighted by atomic mass is 35.5. The predicted octanol–water partition coefficient (Wildman–Crippen LogP) is 2.91. The van der Waals surface area contributed by atoms with Gasteiger partial charge in [0.2, 0.25) is 5.82 Å². The Morgan fingerprint density at radius 2 is 1.94 bits per heavy atom. The average Bonchev–Trinajstić information content (AvgIpc) is 2.12. The SMILES string of the molecule is COc1c(Cl)cc(CC(C)(C)N)c(F)c1F. The van der Waals surface area contributed by atoms with E-state index in [2.05, 4.69) is 4.74 Å². The zero-order chi connectivity index (χ0) is 12.5. The fourth-order valence-corrected chi connectivity index (χ4v) is 1.73. The quantitative estimate of drug-likeness (QED) is 0.836. The standard InChI is InChI=1S/C11H14ClF2NO/c1-11(2,15)5-6-4-7(12)10(16-3)9(14)8(6)13/h4H,5,15H2,1-3H3. The number of halogens is 3. The third kappa shape index (κ3) is 2.83. The molecular formula is C11H14ClF2NO. The maximum atomic E-state index is 13.6. The van der Waals surface area contributed by atoms with E-state index in [1.54, 1.807) is 13.8 Å². The zero-order valence-corrected chi connectivity index (χ0v) is 10.2. The molecule has 0 aliphatic rings.